The van der Waals surface area contributed by atoms with Crippen molar-refractivity contribution in [2.75, 3.05) is 32.1 Å². The summed E-state index contributed by atoms with van der Waals surface area (Å²) in [6.07, 6.45) is 0.471. The molecule has 112 valence electrons. The van der Waals surface area contributed by atoms with Crippen LogP contribution in [0, 0.1) is 0 Å². The van der Waals surface area contributed by atoms with Crippen LogP contribution in [0.2, 0.25) is 0 Å². The summed E-state index contributed by atoms with van der Waals surface area (Å²) in [5, 5.41) is 5.84. The molecule has 0 bridgehead atoms. The van der Waals surface area contributed by atoms with Crippen molar-refractivity contribution < 1.29 is 9.59 Å². The first-order valence-electron chi connectivity index (χ1n) is 6.59. The summed E-state index contributed by atoms with van der Waals surface area (Å²) in [7, 11) is 3.49. The van der Waals surface area contributed by atoms with Crippen LogP contribution in [0.3, 0.4) is 0 Å². The quantitative estimate of drug-likeness (QED) is 0.765. The topological polar surface area (TPSA) is 65.5 Å². The number of carbonyl (C=O) groups excluding carboxylic acids is 2. The molecule has 20 heavy (non-hydrogen) atoms. The Balaban J connectivity index is 2.41. The van der Waals surface area contributed by atoms with E-state index in [1.54, 1.807) is 23.9 Å². The number of amides is 2. The second-order valence-electron chi connectivity index (χ2n) is 4.60. The number of hydrogen-bond donors (Lipinski definition) is 1. The molecule has 0 saturated heterocycles. The molecule has 7 heteroatoms. The summed E-state index contributed by atoms with van der Waals surface area (Å²) < 4.78 is 0. The van der Waals surface area contributed by atoms with Crippen LogP contribution in [-0.4, -0.2) is 48.9 Å². The van der Waals surface area contributed by atoms with Gasteiger partial charge in [-0.25, -0.2) is 4.98 Å². The number of carbonyl (C=O) groups is 2. The van der Waals surface area contributed by atoms with E-state index in [1.165, 1.54) is 18.3 Å². The molecular weight excluding hydrogens is 276 g/mol. The molecular formula is C13H22N4O2S. The lowest BCUT2D eigenvalue weighted by Crippen LogP contribution is -2.28. The molecule has 0 aliphatic carbocycles. The molecule has 0 aliphatic rings. The highest BCUT2D eigenvalue weighted by Gasteiger charge is 2.13. The Morgan fingerprint density at radius 3 is 2.65 bits per heavy atom. The molecule has 0 fully saturated rings. The van der Waals surface area contributed by atoms with Crippen molar-refractivity contribution in [2.24, 2.45) is 0 Å². The van der Waals surface area contributed by atoms with Gasteiger partial charge in [-0.05, 0) is 6.92 Å². The average Bonchev–Trinajstić information content (AvgIpc) is 2.83. The van der Waals surface area contributed by atoms with Gasteiger partial charge < -0.3 is 10.2 Å². The first-order valence-corrected chi connectivity index (χ1v) is 7.47. The Kier molecular flexibility index (Phi) is 6.60. The van der Waals surface area contributed by atoms with E-state index in [-0.39, 0.29) is 11.8 Å². The van der Waals surface area contributed by atoms with Crippen molar-refractivity contribution in [3.63, 3.8) is 0 Å². The molecule has 1 aromatic rings. The molecule has 2 amide bonds. The first-order chi connectivity index (χ1) is 9.45. The van der Waals surface area contributed by atoms with Crippen LogP contribution >= 0.6 is 11.3 Å². The van der Waals surface area contributed by atoms with Gasteiger partial charge in [0.05, 0.1) is 5.69 Å². The van der Waals surface area contributed by atoms with Gasteiger partial charge in [0.15, 0.2) is 5.13 Å². The molecule has 0 aromatic carbocycles. The van der Waals surface area contributed by atoms with E-state index in [0.29, 0.717) is 26.1 Å². The summed E-state index contributed by atoms with van der Waals surface area (Å²) in [4.78, 5) is 30.4. The zero-order valence-corrected chi connectivity index (χ0v) is 13.3. The van der Waals surface area contributed by atoms with Crippen molar-refractivity contribution in [1.82, 2.24) is 15.2 Å². The third-order valence-corrected chi connectivity index (χ3v) is 3.70. The standard InChI is InChI=1S/C13H22N4O2S/c1-5-17(10(2)18)13-15-11(9-20-13)8-14-7-6-12(19)16(3)4/h9,14H,5-8H2,1-4H3. The van der Waals surface area contributed by atoms with Crippen molar-refractivity contribution in [3.8, 4) is 0 Å². The molecule has 1 heterocycles. The molecule has 0 saturated carbocycles. The molecule has 0 radical (unpaired) electrons. The van der Waals surface area contributed by atoms with Gasteiger partial charge in [-0.2, -0.15) is 0 Å². The van der Waals surface area contributed by atoms with E-state index < -0.39 is 0 Å². The minimum atomic E-state index is -0.00191. The van der Waals surface area contributed by atoms with Crippen LogP contribution in [-0.2, 0) is 16.1 Å². The lowest BCUT2D eigenvalue weighted by Gasteiger charge is -2.14. The highest BCUT2D eigenvalue weighted by molar-refractivity contribution is 7.14. The molecule has 1 rings (SSSR count). The molecule has 0 aliphatic heterocycles. The van der Waals surface area contributed by atoms with Crippen LogP contribution in [0.25, 0.3) is 0 Å². The maximum Gasteiger partial charge on any atom is 0.225 e. The smallest absolute Gasteiger partial charge is 0.225 e. The van der Waals surface area contributed by atoms with E-state index in [2.05, 4.69) is 10.3 Å². The summed E-state index contributed by atoms with van der Waals surface area (Å²) in [6.45, 7) is 5.30. The fraction of sp³-hybridized carbons (Fsp3) is 0.615. The van der Waals surface area contributed by atoms with Gasteiger partial charge in [0, 0.05) is 52.5 Å². The van der Waals surface area contributed by atoms with Crippen molar-refractivity contribution in [3.05, 3.63) is 11.1 Å². The number of anilines is 1. The third-order valence-electron chi connectivity index (χ3n) is 2.79. The second-order valence-corrected chi connectivity index (χ2v) is 5.44. The lowest BCUT2D eigenvalue weighted by atomic mass is 10.3. The second kappa shape index (κ2) is 7.96. The van der Waals surface area contributed by atoms with Crippen LogP contribution in [0.1, 0.15) is 26.0 Å². The van der Waals surface area contributed by atoms with Gasteiger partial charge in [-0.1, -0.05) is 0 Å². The average molecular weight is 298 g/mol. The molecule has 6 nitrogen and oxygen atoms in total. The van der Waals surface area contributed by atoms with Gasteiger partial charge in [0.1, 0.15) is 0 Å². The van der Waals surface area contributed by atoms with E-state index in [1.807, 2.05) is 12.3 Å². The van der Waals surface area contributed by atoms with Gasteiger partial charge in [-0.15, -0.1) is 11.3 Å². The predicted octanol–water partition coefficient (Wildman–Crippen LogP) is 1.08. The van der Waals surface area contributed by atoms with Crippen molar-refractivity contribution in [1.29, 1.82) is 0 Å². The first kappa shape index (κ1) is 16.6. The molecule has 0 spiro atoms. The Morgan fingerprint density at radius 1 is 1.40 bits per heavy atom. The number of aromatic nitrogens is 1. The zero-order chi connectivity index (χ0) is 15.1. The fourth-order valence-electron chi connectivity index (χ4n) is 1.63. The Bertz CT molecular complexity index is 459. The van der Waals surface area contributed by atoms with Gasteiger partial charge in [-0.3, -0.25) is 14.5 Å². The van der Waals surface area contributed by atoms with Crippen molar-refractivity contribution >= 4 is 28.3 Å². The van der Waals surface area contributed by atoms with Crippen LogP contribution in [0.15, 0.2) is 5.38 Å². The summed E-state index contributed by atoms with van der Waals surface area (Å²) >= 11 is 1.46. The number of rotatable bonds is 7. The minimum Gasteiger partial charge on any atom is -0.349 e. The van der Waals surface area contributed by atoms with E-state index in [4.69, 9.17) is 0 Å². The number of nitrogens with one attached hydrogen (secondary N) is 1. The molecule has 1 aromatic heterocycles. The number of nitrogens with zero attached hydrogens (tertiary/aromatic N) is 3. The van der Waals surface area contributed by atoms with Crippen LogP contribution < -0.4 is 10.2 Å². The fourth-order valence-corrected chi connectivity index (χ4v) is 2.56. The normalized spacial score (nSPS) is 10.4. The lowest BCUT2D eigenvalue weighted by molar-refractivity contribution is -0.128. The zero-order valence-electron chi connectivity index (χ0n) is 12.5. The summed E-state index contributed by atoms with van der Waals surface area (Å²) in [5.74, 6) is 0.100. The molecule has 1 N–H and O–H groups in total. The predicted molar refractivity (Wildman–Crippen MR) is 80.8 cm³/mol. The summed E-state index contributed by atoms with van der Waals surface area (Å²) in [6, 6.07) is 0. The maximum absolute atomic E-state index is 11.4. The Labute approximate surface area is 123 Å². The van der Waals surface area contributed by atoms with Crippen LogP contribution in [0.4, 0.5) is 5.13 Å². The Morgan fingerprint density at radius 2 is 2.10 bits per heavy atom. The molecule has 0 unspecified atom stereocenters. The van der Waals surface area contributed by atoms with Crippen molar-refractivity contribution in [2.45, 2.75) is 26.8 Å². The van der Waals surface area contributed by atoms with E-state index >= 15 is 0 Å². The Hall–Kier alpha value is -1.47. The maximum atomic E-state index is 11.4. The monoisotopic (exact) mass is 298 g/mol. The van der Waals surface area contributed by atoms with E-state index in [0.717, 1.165) is 10.8 Å². The van der Waals surface area contributed by atoms with E-state index in [9.17, 15) is 9.59 Å². The third kappa shape index (κ3) is 4.90. The van der Waals surface area contributed by atoms with Gasteiger partial charge in [0.25, 0.3) is 0 Å². The number of thiazole rings is 1. The SMILES string of the molecule is CCN(C(C)=O)c1nc(CNCCC(=O)N(C)C)cs1. The van der Waals surface area contributed by atoms with Gasteiger partial charge in [0.2, 0.25) is 11.8 Å². The minimum absolute atomic E-state index is 0.00191. The largest absolute Gasteiger partial charge is 0.349 e. The highest BCUT2D eigenvalue weighted by atomic mass is 32.1. The highest BCUT2D eigenvalue weighted by Crippen LogP contribution is 2.20. The van der Waals surface area contributed by atoms with Crippen LogP contribution in [0.5, 0.6) is 0 Å². The van der Waals surface area contributed by atoms with Gasteiger partial charge >= 0.3 is 0 Å². The summed E-state index contributed by atoms with van der Waals surface area (Å²) in [5.41, 5.74) is 0.891. The number of hydrogen-bond acceptors (Lipinski definition) is 5. The molecule has 0 atom stereocenters.